The maximum atomic E-state index is 13.5. The normalized spacial score (nSPS) is 15.2. The molecule has 0 bridgehead atoms. The van der Waals surface area contributed by atoms with Crippen LogP contribution in [0.2, 0.25) is 0 Å². The van der Waals surface area contributed by atoms with E-state index in [2.05, 4.69) is 52.6 Å². The summed E-state index contributed by atoms with van der Waals surface area (Å²) in [5.74, 6) is 0.140. The van der Waals surface area contributed by atoms with E-state index < -0.39 is 11.7 Å². The number of allylic oxidation sites excluding steroid dienone is 1. The number of carbonyl (C=O) groups excluding carboxylic acids is 1. The average Bonchev–Trinajstić information content (AvgIpc) is 2.73. The number of aromatic nitrogens is 1. The van der Waals surface area contributed by atoms with Gasteiger partial charge in [-0.05, 0) is 45.5 Å². The number of alkyl halides is 3. The molecular weight excluding hydrogens is 419 g/mol. The number of hydrogen-bond donors (Lipinski definition) is 3. The van der Waals surface area contributed by atoms with Gasteiger partial charge < -0.3 is 20.9 Å². The number of piperidine rings is 1. The highest BCUT2D eigenvalue weighted by Crippen LogP contribution is 2.36. The number of hydrogen-bond acceptors (Lipinski definition) is 5. The molecule has 6 nitrogen and oxygen atoms in total. The van der Waals surface area contributed by atoms with Crippen molar-refractivity contribution in [1.82, 2.24) is 20.5 Å². The summed E-state index contributed by atoms with van der Waals surface area (Å²) >= 11 is 0. The van der Waals surface area contributed by atoms with E-state index in [0.717, 1.165) is 25.9 Å². The highest BCUT2D eigenvalue weighted by atomic mass is 19.4. The first kappa shape index (κ1) is 25.5. The molecule has 9 heteroatoms. The lowest BCUT2D eigenvalue weighted by atomic mass is 9.98. The summed E-state index contributed by atoms with van der Waals surface area (Å²) < 4.78 is 40.4. The summed E-state index contributed by atoms with van der Waals surface area (Å²) in [5.41, 5.74) is -0.0575. The zero-order valence-corrected chi connectivity index (χ0v) is 18.7. The summed E-state index contributed by atoms with van der Waals surface area (Å²) in [6.07, 6.45) is -0.851. The Balaban J connectivity index is 2.30. The van der Waals surface area contributed by atoms with Crippen LogP contribution in [0.25, 0.3) is 17.3 Å². The summed E-state index contributed by atoms with van der Waals surface area (Å²) in [5, 5.41) is 9.08. The molecule has 176 valence electrons. The molecular formula is C23H32F3N5O. The summed E-state index contributed by atoms with van der Waals surface area (Å²) in [6, 6.07) is 1.86. The third-order valence-corrected chi connectivity index (χ3v) is 5.35. The van der Waals surface area contributed by atoms with Crippen molar-refractivity contribution in [2.75, 3.05) is 38.5 Å². The van der Waals surface area contributed by atoms with E-state index >= 15 is 0 Å². The number of rotatable bonds is 10. The molecule has 0 aliphatic carbocycles. The maximum Gasteiger partial charge on any atom is 0.417 e. The summed E-state index contributed by atoms with van der Waals surface area (Å²) in [6.45, 7) is 15.2. The number of carbonyl (C=O) groups is 1. The van der Waals surface area contributed by atoms with Crippen LogP contribution in [0.15, 0.2) is 25.8 Å². The Morgan fingerprint density at radius 3 is 2.50 bits per heavy atom. The van der Waals surface area contributed by atoms with E-state index in [1.165, 1.54) is 13.0 Å². The first-order valence-corrected chi connectivity index (χ1v) is 10.6. The van der Waals surface area contributed by atoms with E-state index in [0.29, 0.717) is 30.8 Å². The first-order chi connectivity index (χ1) is 15.0. The second-order valence-corrected chi connectivity index (χ2v) is 7.96. The van der Waals surface area contributed by atoms with Crippen LogP contribution in [0.5, 0.6) is 0 Å². The second-order valence-electron chi connectivity index (χ2n) is 7.96. The quantitative estimate of drug-likeness (QED) is 0.471. The van der Waals surface area contributed by atoms with Gasteiger partial charge in [0.25, 0.3) is 0 Å². The molecule has 1 saturated heterocycles. The molecule has 0 saturated carbocycles. The van der Waals surface area contributed by atoms with Gasteiger partial charge in [-0.3, -0.25) is 4.79 Å². The fraction of sp³-hybridized carbons (Fsp3) is 0.478. The van der Waals surface area contributed by atoms with Crippen molar-refractivity contribution in [3.05, 3.63) is 42.6 Å². The van der Waals surface area contributed by atoms with Crippen LogP contribution in [0, 0.1) is 0 Å². The third-order valence-electron chi connectivity index (χ3n) is 5.35. The highest BCUT2D eigenvalue weighted by Gasteiger charge is 2.36. The van der Waals surface area contributed by atoms with Gasteiger partial charge in [0.1, 0.15) is 5.82 Å². The number of anilines is 1. The molecule has 2 heterocycles. The minimum Gasteiger partial charge on any atom is -0.382 e. The van der Waals surface area contributed by atoms with Crippen molar-refractivity contribution in [2.24, 2.45) is 0 Å². The van der Waals surface area contributed by atoms with Crippen molar-refractivity contribution in [2.45, 2.75) is 38.4 Å². The predicted molar refractivity (Wildman–Crippen MR) is 124 cm³/mol. The minimum atomic E-state index is -4.63. The van der Waals surface area contributed by atoms with Crippen molar-refractivity contribution >= 4 is 29.1 Å². The Labute approximate surface area is 187 Å². The zero-order valence-electron chi connectivity index (χ0n) is 18.7. The molecule has 0 radical (unpaired) electrons. The molecule has 1 fully saturated rings. The van der Waals surface area contributed by atoms with E-state index in [1.807, 2.05) is 0 Å². The van der Waals surface area contributed by atoms with Crippen LogP contribution in [-0.2, 0) is 4.79 Å². The molecule has 1 aliphatic heterocycles. The molecule has 0 aromatic carbocycles. The smallest absolute Gasteiger partial charge is 0.382 e. The molecule has 1 aromatic heterocycles. The Hall–Kier alpha value is -2.81. The van der Waals surface area contributed by atoms with Crippen LogP contribution in [0.1, 0.15) is 43.0 Å². The standard InChI is InChI=1S/C23H32F3N5O/c1-6-19-20(16(3)29-18-8-12-31(5)13-9-18)14-21(28-11-7-10-27-17(4)32)30-22(19)15(2)23(24,25)26/h6,14,18,29H,1-3,7-13H2,4-5H3,(H,27,32)(H,28,30). The number of nitrogens with one attached hydrogen (secondary N) is 3. The van der Waals surface area contributed by atoms with Crippen molar-refractivity contribution in [3.63, 3.8) is 0 Å². The lowest BCUT2D eigenvalue weighted by Gasteiger charge is -2.31. The van der Waals surface area contributed by atoms with Crippen LogP contribution >= 0.6 is 0 Å². The van der Waals surface area contributed by atoms with Gasteiger partial charge in [0.05, 0.1) is 11.3 Å². The van der Waals surface area contributed by atoms with E-state index in [1.54, 1.807) is 6.07 Å². The van der Waals surface area contributed by atoms with Gasteiger partial charge in [-0.25, -0.2) is 4.98 Å². The Kier molecular flexibility index (Phi) is 8.89. The Bertz CT molecular complexity index is 858. The van der Waals surface area contributed by atoms with Gasteiger partial charge >= 0.3 is 6.18 Å². The average molecular weight is 452 g/mol. The second kappa shape index (κ2) is 11.2. The molecule has 2 rings (SSSR count). The van der Waals surface area contributed by atoms with Crippen LogP contribution in [0.3, 0.4) is 0 Å². The van der Waals surface area contributed by atoms with Gasteiger partial charge in [0.15, 0.2) is 0 Å². The van der Waals surface area contributed by atoms with Crippen LogP contribution in [0.4, 0.5) is 19.0 Å². The monoisotopic (exact) mass is 451 g/mol. The van der Waals surface area contributed by atoms with Crippen LogP contribution < -0.4 is 16.0 Å². The van der Waals surface area contributed by atoms with Gasteiger partial charge in [-0.1, -0.05) is 25.8 Å². The van der Waals surface area contributed by atoms with Gasteiger partial charge in [0, 0.05) is 42.9 Å². The molecule has 0 unspecified atom stereocenters. The molecule has 1 aromatic rings. The van der Waals surface area contributed by atoms with Crippen LogP contribution in [-0.4, -0.2) is 61.2 Å². The van der Waals surface area contributed by atoms with Gasteiger partial charge in [0.2, 0.25) is 5.91 Å². The zero-order chi connectivity index (χ0) is 23.9. The first-order valence-electron chi connectivity index (χ1n) is 10.6. The van der Waals surface area contributed by atoms with Crippen molar-refractivity contribution in [3.8, 4) is 0 Å². The van der Waals surface area contributed by atoms with Gasteiger partial charge in [-0.15, -0.1) is 0 Å². The largest absolute Gasteiger partial charge is 0.417 e. The lowest BCUT2D eigenvalue weighted by molar-refractivity contribution is -0.118. The third kappa shape index (κ3) is 7.12. The maximum absolute atomic E-state index is 13.5. The molecule has 3 N–H and O–H groups in total. The topological polar surface area (TPSA) is 69.3 Å². The molecule has 1 amide bonds. The lowest BCUT2D eigenvalue weighted by Crippen LogP contribution is -2.40. The summed E-state index contributed by atoms with van der Waals surface area (Å²) in [4.78, 5) is 17.4. The number of nitrogens with zero attached hydrogens (tertiary/aromatic N) is 2. The van der Waals surface area contributed by atoms with Gasteiger partial charge in [-0.2, -0.15) is 13.2 Å². The number of halogens is 3. The van der Waals surface area contributed by atoms with E-state index in [-0.39, 0.29) is 29.0 Å². The van der Waals surface area contributed by atoms with Crippen molar-refractivity contribution < 1.29 is 18.0 Å². The highest BCUT2D eigenvalue weighted by molar-refractivity contribution is 5.82. The number of likely N-dealkylation sites (tertiary alicyclic amines) is 1. The number of pyridine rings is 1. The molecule has 0 spiro atoms. The molecule has 0 atom stereocenters. The van der Waals surface area contributed by atoms with E-state index in [4.69, 9.17) is 0 Å². The summed E-state index contributed by atoms with van der Waals surface area (Å²) in [7, 11) is 2.06. The number of amides is 1. The van der Waals surface area contributed by atoms with E-state index in [9.17, 15) is 18.0 Å². The minimum absolute atomic E-state index is 0.138. The SMILES string of the molecule is C=Cc1c(C(=C)NC2CCN(C)CC2)cc(NCCCNC(C)=O)nc1C(=C)C(F)(F)F. The Morgan fingerprint density at radius 2 is 1.94 bits per heavy atom. The fourth-order valence-electron chi connectivity index (χ4n) is 3.51. The fourth-order valence-corrected chi connectivity index (χ4v) is 3.51. The Morgan fingerprint density at radius 1 is 1.28 bits per heavy atom. The molecule has 32 heavy (non-hydrogen) atoms. The molecule has 1 aliphatic rings. The predicted octanol–water partition coefficient (Wildman–Crippen LogP) is 3.89. The van der Waals surface area contributed by atoms with Crippen molar-refractivity contribution in [1.29, 1.82) is 0 Å².